The van der Waals surface area contributed by atoms with Crippen molar-refractivity contribution in [1.29, 1.82) is 0 Å². The van der Waals surface area contributed by atoms with Crippen molar-refractivity contribution in [3.05, 3.63) is 40.4 Å². The fourth-order valence-corrected chi connectivity index (χ4v) is 5.46. The monoisotopic (exact) mass is 336 g/mol. The Labute approximate surface area is 143 Å². The second-order valence-corrected chi connectivity index (χ2v) is 7.79. The predicted molar refractivity (Wildman–Crippen MR) is 98.1 cm³/mol. The van der Waals surface area contributed by atoms with Gasteiger partial charge in [-0.25, -0.2) is 4.31 Å². The van der Waals surface area contributed by atoms with Gasteiger partial charge in [0.1, 0.15) is 0 Å². The third-order valence-corrected chi connectivity index (χ3v) is 6.62. The number of halogens is 1. The number of nitrogens with zero attached hydrogens (tertiary/aromatic N) is 1. The molecule has 1 N–H and O–H groups in total. The van der Waals surface area contributed by atoms with Crippen molar-refractivity contribution in [3.63, 3.8) is 0 Å². The van der Waals surface area contributed by atoms with Crippen molar-refractivity contribution in [3.8, 4) is 0 Å². The minimum Gasteiger partial charge on any atom is -0.313 e. The number of likely N-dealkylation sites (N-methyl/N-ethyl adjacent to an activating group) is 2. The van der Waals surface area contributed by atoms with Crippen molar-refractivity contribution in [2.24, 2.45) is 0 Å². The summed E-state index contributed by atoms with van der Waals surface area (Å²) in [5.74, 6) is 0. The van der Waals surface area contributed by atoms with E-state index in [0.717, 1.165) is 18.1 Å². The molecule has 1 heterocycles. The zero-order valence-corrected chi connectivity index (χ0v) is 15.1. The Hall–Kier alpha value is -0.480. The zero-order valence-electron chi connectivity index (χ0n) is 13.5. The van der Waals surface area contributed by atoms with E-state index in [1.54, 1.807) is 5.57 Å². The fourth-order valence-electron chi connectivity index (χ4n) is 3.79. The van der Waals surface area contributed by atoms with Crippen LogP contribution in [-0.4, -0.2) is 30.0 Å². The van der Waals surface area contributed by atoms with Crippen molar-refractivity contribution >= 4 is 28.5 Å². The highest BCUT2D eigenvalue weighted by atomic mass is 35.5. The van der Waals surface area contributed by atoms with E-state index in [0.29, 0.717) is 0 Å². The predicted octanol–water partition coefficient (Wildman–Crippen LogP) is 4.96. The standard InChI is InChI=1S/C18H25ClN2S/c1-3-20-13-15-17(14-9-5-6-10-16(14)19)22-21(2)18(15)11-7-4-8-12-18/h5-6,9-10,20H,3-4,7-8,11-13H2,1-2H3. The molecule has 0 atom stereocenters. The Balaban J connectivity index is 2.06. The number of hydrogen-bond donors (Lipinski definition) is 1. The molecule has 4 heteroatoms. The van der Waals surface area contributed by atoms with Crippen LogP contribution in [0.3, 0.4) is 0 Å². The van der Waals surface area contributed by atoms with Crippen LogP contribution in [-0.2, 0) is 0 Å². The van der Waals surface area contributed by atoms with Gasteiger partial charge in [-0.15, -0.1) is 0 Å². The molecule has 120 valence electrons. The highest BCUT2D eigenvalue weighted by Crippen LogP contribution is 2.54. The van der Waals surface area contributed by atoms with Crippen LogP contribution in [0.15, 0.2) is 29.8 Å². The van der Waals surface area contributed by atoms with Gasteiger partial charge in [-0.1, -0.05) is 56.0 Å². The van der Waals surface area contributed by atoms with Gasteiger partial charge < -0.3 is 5.32 Å². The SMILES string of the molecule is CCNCC1=C(c2ccccc2Cl)SN(C)C12CCCCC2. The van der Waals surface area contributed by atoms with Gasteiger partial charge >= 0.3 is 0 Å². The average molecular weight is 337 g/mol. The molecule has 0 bridgehead atoms. The van der Waals surface area contributed by atoms with Crippen LogP contribution < -0.4 is 5.32 Å². The molecule has 1 fully saturated rings. The molecule has 1 aromatic rings. The maximum Gasteiger partial charge on any atom is 0.0548 e. The second kappa shape index (κ2) is 6.96. The van der Waals surface area contributed by atoms with E-state index >= 15 is 0 Å². The van der Waals surface area contributed by atoms with Gasteiger partial charge in [0.2, 0.25) is 0 Å². The largest absolute Gasteiger partial charge is 0.313 e. The Morgan fingerprint density at radius 3 is 2.64 bits per heavy atom. The summed E-state index contributed by atoms with van der Waals surface area (Å²) in [4.78, 5) is 1.37. The first kappa shape index (κ1) is 16.4. The molecule has 1 spiro atoms. The fraction of sp³-hybridized carbons (Fsp3) is 0.556. The van der Waals surface area contributed by atoms with Gasteiger partial charge in [-0.05, 0) is 50.0 Å². The van der Waals surface area contributed by atoms with Crippen LogP contribution in [0.5, 0.6) is 0 Å². The summed E-state index contributed by atoms with van der Waals surface area (Å²) in [6, 6.07) is 8.26. The summed E-state index contributed by atoms with van der Waals surface area (Å²) in [5, 5.41) is 4.42. The minimum atomic E-state index is 0.222. The molecule has 1 aliphatic carbocycles. The van der Waals surface area contributed by atoms with Crippen molar-refractivity contribution < 1.29 is 0 Å². The lowest BCUT2D eigenvalue weighted by molar-refractivity contribution is 0.208. The Morgan fingerprint density at radius 2 is 1.95 bits per heavy atom. The van der Waals surface area contributed by atoms with E-state index in [1.807, 2.05) is 24.1 Å². The minimum absolute atomic E-state index is 0.222. The molecule has 0 saturated heterocycles. The van der Waals surface area contributed by atoms with Gasteiger partial charge in [0.25, 0.3) is 0 Å². The summed E-state index contributed by atoms with van der Waals surface area (Å²) in [5.41, 5.74) is 2.96. The molecular weight excluding hydrogens is 312 g/mol. The van der Waals surface area contributed by atoms with Gasteiger partial charge in [0, 0.05) is 22.0 Å². The first-order valence-electron chi connectivity index (χ1n) is 8.30. The molecule has 1 aromatic carbocycles. The van der Waals surface area contributed by atoms with Crippen molar-refractivity contribution in [1.82, 2.24) is 9.62 Å². The smallest absolute Gasteiger partial charge is 0.0548 e. The van der Waals surface area contributed by atoms with Crippen molar-refractivity contribution in [2.75, 3.05) is 20.1 Å². The van der Waals surface area contributed by atoms with E-state index in [9.17, 15) is 0 Å². The number of rotatable bonds is 4. The average Bonchev–Trinajstić information content (AvgIpc) is 2.79. The van der Waals surface area contributed by atoms with E-state index in [2.05, 4.69) is 35.7 Å². The Morgan fingerprint density at radius 1 is 1.23 bits per heavy atom. The van der Waals surface area contributed by atoms with E-state index in [1.165, 1.54) is 42.6 Å². The molecule has 1 aliphatic heterocycles. The van der Waals surface area contributed by atoms with Crippen LogP contribution >= 0.6 is 23.5 Å². The molecule has 0 unspecified atom stereocenters. The molecule has 3 rings (SSSR count). The van der Waals surface area contributed by atoms with Crippen LogP contribution in [0.1, 0.15) is 44.6 Å². The zero-order chi connectivity index (χ0) is 15.6. The lowest BCUT2D eigenvalue weighted by Gasteiger charge is -2.41. The molecule has 0 radical (unpaired) electrons. The molecule has 2 aliphatic rings. The Bertz CT molecular complexity index is 564. The third-order valence-electron chi connectivity index (χ3n) is 5.02. The maximum atomic E-state index is 6.49. The van der Waals surface area contributed by atoms with Crippen LogP contribution in [0.2, 0.25) is 5.02 Å². The quantitative estimate of drug-likeness (QED) is 0.782. The van der Waals surface area contributed by atoms with E-state index < -0.39 is 0 Å². The normalized spacial score (nSPS) is 21.8. The molecule has 1 saturated carbocycles. The first-order valence-corrected chi connectivity index (χ1v) is 9.45. The lowest BCUT2D eigenvalue weighted by Crippen LogP contribution is -2.45. The summed E-state index contributed by atoms with van der Waals surface area (Å²) in [6.07, 6.45) is 6.57. The summed E-state index contributed by atoms with van der Waals surface area (Å²) >= 11 is 8.38. The molecular formula is C18H25ClN2S. The topological polar surface area (TPSA) is 15.3 Å². The third kappa shape index (κ3) is 2.84. The van der Waals surface area contributed by atoms with Gasteiger partial charge in [-0.2, -0.15) is 0 Å². The number of hydrogen-bond acceptors (Lipinski definition) is 3. The summed E-state index contributed by atoms with van der Waals surface area (Å²) in [7, 11) is 2.26. The molecule has 0 amide bonds. The van der Waals surface area contributed by atoms with Crippen LogP contribution in [0, 0.1) is 0 Å². The van der Waals surface area contributed by atoms with E-state index in [4.69, 9.17) is 11.6 Å². The molecule has 2 nitrogen and oxygen atoms in total. The van der Waals surface area contributed by atoms with Gasteiger partial charge in [0.15, 0.2) is 0 Å². The lowest BCUT2D eigenvalue weighted by atomic mass is 9.75. The second-order valence-electron chi connectivity index (χ2n) is 6.25. The van der Waals surface area contributed by atoms with Gasteiger partial charge in [0.05, 0.1) is 5.54 Å². The molecule has 0 aromatic heterocycles. The highest BCUT2D eigenvalue weighted by molar-refractivity contribution is 8.06. The van der Waals surface area contributed by atoms with Crippen LogP contribution in [0.25, 0.3) is 4.91 Å². The van der Waals surface area contributed by atoms with Gasteiger partial charge in [-0.3, -0.25) is 0 Å². The summed E-state index contributed by atoms with van der Waals surface area (Å²) < 4.78 is 2.50. The first-order chi connectivity index (χ1) is 10.7. The maximum absolute atomic E-state index is 6.49. The summed E-state index contributed by atoms with van der Waals surface area (Å²) in [6.45, 7) is 4.15. The highest BCUT2D eigenvalue weighted by Gasteiger charge is 2.46. The Kier molecular flexibility index (Phi) is 5.18. The van der Waals surface area contributed by atoms with Crippen LogP contribution in [0.4, 0.5) is 0 Å². The van der Waals surface area contributed by atoms with Crippen molar-refractivity contribution in [2.45, 2.75) is 44.6 Å². The number of benzene rings is 1. The molecule has 22 heavy (non-hydrogen) atoms. The van der Waals surface area contributed by atoms with E-state index in [-0.39, 0.29) is 5.54 Å². The number of nitrogens with one attached hydrogen (secondary N) is 1.